The summed E-state index contributed by atoms with van der Waals surface area (Å²) in [6.07, 6.45) is 0. The van der Waals surface area contributed by atoms with Crippen LogP contribution in [0.4, 0.5) is 8.78 Å². The second kappa shape index (κ2) is 7.87. The first-order valence-corrected chi connectivity index (χ1v) is 8.96. The van der Waals surface area contributed by atoms with Gasteiger partial charge in [0.05, 0.1) is 16.2 Å². The highest BCUT2D eigenvalue weighted by Crippen LogP contribution is 2.25. The number of hydrogen-bond acceptors (Lipinski definition) is 5. The molecule has 0 amide bonds. The van der Waals surface area contributed by atoms with E-state index in [1.165, 1.54) is 40.6 Å². The molecule has 5 nitrogen and oxygen atoms in total. The van der Waals surface area contributed by atoms with E-state index < -0.39 is 11.9 Å². The van der Waals surface area contributed by atoms with Crippen LogP contribution in [-0.4, -0.2) is 27.2 Å². The van der Waals surface area contributed by atoms with Gasteiger partial charge < -0.3 is 4.74 Å². The normalized spacial score (nSPS) is 12.3. The SMILES string of the molecule is C[C@@H](Sc1nc2ccccc2c(=O)n1C)C(=O)c1ccc(OC(F)F)cc1. The average Bonchev–Trinajstić information content (AvgIpc) is 2.65. The van der Waals surface area contributed by atoms with Crippen molar-refractivity contribution in [2.75, 3.05) is 0 Å². The molecule has 1 aromatic heterocycles. The van der Waals surface area contributed by atoms with E-state index in [2.05, 4.69) is 9.72 Å². The molecule has 0 aliphatic rings. The molecule has 0 unspecified atom stereocenters. The Morgan fingerprint density at radius 2 is 1.81 bits per heavy atom. The van der Waals surface area contributed by atoms with Crippen LogP contribution in [0.5, 0.6) is 5.75 Å². The highest BCUT2D eigenvalue weighted by molar-refractivity contribution is 8.00. The van der Waals surface area contributed by atoms with Gasteiger partial charge in [0.1, 0.15) is 5.75 Å². The summed E-state index contributed by atoms with van der Waals surface area (Å²) >= 11 is 1.17. The van der Waals surface area contributed by atoms with Crippen molar-refractivity contribution in [3.8, 4) is 5.75 Å². The van der Waals surface area contributed by atoms with Gasteiger partial charge in [-0.25, -0.2) is 4.98 Å². The Morgan fingerprint density at radius 3 is 2.48 bits per heavy atom. The minimum Gasteiger partial charge on any atom is -0.435 e. The number of ether oxygens (including phenoxy) is 1. The Bertz CT molecular complexity index is 1040. The van der Waals surface area contributed by atoms with Gasteiger partial charge in [0.25, 0.3) is 5.56 Å². The number of carbonyl (C=O) groups excluding carboxylic acids is 1. The van der Waals surface area contributed by atoms with Gasteiger partial charge in [0, 0.05) is 12.6 Å². The fraction of sp³-hybridized carbons (Fsp3) is 0.211. The molecule has 3 rings (SSSR count). The van der Waals surface area contributed by atoms with E-state index in [0.29, 0.717) is 21.6 Å². The number of ketones is 1. The summed E-state index contributed by atoms with van der Waals surface area (Å²) in [4.78, 5) is 29.5. The van der Waals surface area contributed by atoms with Gasteiger partial charge in [-0.1, -0.05) is 23.9 Å². The van der Waals surface area contributed by atoms with E-state index in [1.807, 2.05) is 0 Å². The number of halogens is 2. The van der Waals surface area contributed by atoms with Crippen LogP contribution < -0.4 is 10.3 Å². The van der Waals surface area contributed by atoms with Crippen molar-refractivity contribution in [2.45, 2.75) is 23.9 Å². The van der Waals surface area contributed by atoms with Crippen LogP contribution in [0.15, 0.2) is 58.5 Å². The molecule has 1 atom stereocenters. The first-order valence-electron chi connectivity index (χ1n) is 8.08. The fourth-order valence-corrected chi connectivity index (χ4v) is 3.50. The van der Waals surface area contributed by atoms with Crippen LogP contribution in [0, 0.1) is 0 Å². The lowest BCUT2D eigenvalue weighted by atomic mass is 10.1. The molecule has 8 heteroatoms. The standard InChI is InChI=1S/C19H16F2N2O3S/c1-11(16(24)12-7-9-13(10-8-12)26-18(20)21)27-19-22-15-6-4-3-5-14(15)17(25)23(19)2/h3-11,18H,1-2H3/t11-/m1/s1. The highest BCUT2D eigenvalue weighted by atomic mass is 32.2. The lowest BCUT2D eigenvalue weighted by Gasteiger charge is -2.13. The maximum Gasteiger partial charge on any atom is 0.387 e. The predicted octanol–water partition coefficient (Wildman–Crippen LogP) is 3.90. The molecule has 3 aromatic rings. The zero-order valence-corrected chi connectivity index (χ0v) is 15.4. The third-order valence-corrected chi connectivity index (χ3v) is 5.10. The minimum absolute atomic E-state index is 0.0135. The van der Waals surface area contributed by atoms with Crippen LogP contribution in [0.25, 0.3) is 10.9 Å². The lowest BCUT2D eigenvalue weighted by molar-refractivity contribution is -0.0498. The molecule has 0 N–H and O–H groups in total. The largest absolute Gasteiger partial charge is 0.435 e. The van der Waals surface area contributed by atoms with Crippen LogP contribution in [-0.2, 0) is 7.05 Å². The minimum atomic E-state index is -2.92. The average molecular weight is 390 g/mol. The summed E-state index contributed by atoms with van der Waals surface area (Å²) in [5, 5.41) is 0.418. The molecule has 140 valence electrons. The van der Waals surface area contributed by atoms with Crippen molar-refractivity contribution in [3.63, 3.8) is 0 Å². The Kier molecular flexibility index (Phi) is 5.55. The first-order chi connectivity index (χ1) is 12.9. The van der Waals surface area contributed by atoms with Crippen LogP contribution in [0.1, 0.15) is 17.3 Å². The monoisotopic (exact) mass is 390 g/mol. The van der Waals surface area contributed by atoms with E-state index in [0.717, 1.165) is 0 Å². The van der Waals surface area contributed by atoms with E-state index in [9.17, 15) is 18.4 Å². The number of rotatable bonds is 6. The first kappa shape index (κ1) is 19.0. The summed E-state index contributed by atoms with van der Waals surface area (Å²) in [5.41, 5.74) is 0.745. The van der Waals surface area contributed by atoms with E-state index in [-0.39, 0.29) is 17.1 Å². The number of Topliss-reactive ketones (excluding diaryl/α,β-unsaturated/α-hetero) is 1. The number of benzene rings is 2. The van der Waals surface area contributed by atoms with Gasteiger partial charge in [-0.3, -0.25) is 14.2 Å². The van der Waals surface area contributed by atoms with Crippen molar-refractivity contribution >= 4 is 28.4 Å². The summed E-state index contributed by atoms with van der Waals surface area (Å²) < 4.78 is 30.1. The van der Waals surface area contributed by atoms with Crippen molar-refractivity contribution in [1.29, 1.82) is 0 Å². The van der Waals surface area contributed by atoms with Gasteiger partial charge in [-0.2, -0.15) is 8.78 Å². The van der Waals surface area contributed by atoms with Crippen molar-refractivity contribution in [1.82, 2.24) is 9.55 Å². The Morgan fingerprint density at radius 1 is 1.15 bits per heavy atom. The molecular formula is C19H16F2N2O3S. The smallest absolute Gasteiger partial charge is 0.387 e. The van der Waals surface area contributed by atoms with Crippen molar-refractivity contribution in [2.24, 2.45) is 7.05 Å². The number of hydrogen-bond donors (Lipinski definition) is 0. The molecule has 2 aromatic carbocycles. The summed E-state index contributed by atoms with van der Waals surface area (Å²) in [5.74, 6) is -0.216. The van der Waals surface area contributed by atoms with Crippen LogP contribution in [0.3, 0.4) is 0 Å². The van der Waals surface area contributed by atoms with E-state index in [4.69, 9.17) is 0 Å². The van der Waals surface area contributed by atoms with E-state index in [1.54, 1.807) is 38.2 Å². The number of thioether (sulfide) groups is 1. The third kappa shape index (κ3) is 4.16. The number of carbonyl (C=O) groups is 1. The quantitative estimate of drug-likeness (QED) is 0.363. The lowest BCUT2D eigenvalue weighted by Crippen LogP contribution is -2.22. The molecule has 0 bridgehead atoms. The number of nitrogens with zero attached hydrogens (tertiary/aromatic N) is 2. The Labute approximate surface area is 158 Å². The van der Waals surface area contributed by atoms with Gasteiger partial charge in [0.15, 0.2) is 10.9 Å². The molecule has 0 spiro atoms. The zero-order valence-electron chi connectivity index (χ0n) is 14.6. The number of aromatic nitrogens is 2. The highest BCUT2D eigenvalue weighted by Gasteiger charge is 2.20. The zero-order chi connectivity index (χ0) is 19.6. The van der Waals surface area contributed by atoms with Gasteiger partial charge >= 0.3 is 6.61 Å². The molecule has 0 aliphatic heterocycles. The predicted molar refractivity (Wildman–Crippen MR) is 99.7 cm³/mol. The number of fused-ring (bicyclic) bond motifs is 1. The maximum atomic E-state index is 12.6. The van der Waals surface area contributed by atoms with Gasteiger partial charge in [-0.05, 0) is 43.3 Å². The van der Waals surface area contributed by atoms with Gasteiger partial charge in [-0.15, -0.1) is 0 Å². The maximum absolute atomic E-state index is 12.6. The molecule has 27 heavy (non-hydrogen) atoms. The molecule has 1 heterocycles. The molecule has 0 aliphatic carbocycles. The number of para-hydroxylation sites is 1. The fourth-order valence-electron chi connectivity index (χ4n) is 2.55. The van der Waals surface area contributed by atoms with Crippen molar-refractivity contribution < 1.29 is 18.3 Å². The van der Waals surface area contributed by atoms with Crippen molar-refractivity contribution in [3.05, 3.63) is 64.4 Å². The molecule has 0 radical (unpaired) electrons. The van der Waals surface area contributed by atoms with Crippen LogP contribution in [0.2, 0.25) is 0 Å². The summed E-state index contributed by atoms with van der Waals surface area (Å²) in [6, 6.07) is 12.5. The summed E-state index contributed by atoms with van der Waals surface area (Å²) in [6.45, 7) is -1.21. The second-order valence-corrected chi connectivity index (χ2v) is 7.11. The second-order valence-electron chi connectivity index (χ2n) is 5.80. The molecule has 0 saturated carbocycles. The topological polar surface area (TPSA) is 61.2 Å². The molecular weight excluding hydrogens is 374 g/mol. The third-order valence-electron chi connectivity index (χ3n) is 3.96. The van der Waals surface area contributed by atoms with E-state index >= 15 is 0 Å². The molecule has 0 saturated heterocycles. The Hall–Kier alpha value is -2.74. The Balaban J connectivity index is 1.81. The van der Waals surface area contributed by atoms with Crippen LogP contribution >= 0.6 is 11.8 Å². The van der Waals surface area contributed by atoms with Gasteiger partial charge in [0.2, 0.25) is 0 Å². The molecule has 0 fully saturated rings. The number of alkyl halides is 2. The summed E-state index contributed by atoms with van der Waals surface area (Å²) in [7, 11) is 1.61.